The van der Waals surface area contributed by atoms with E-state index in [1.807, 2.05) is 24.3 Å². The first-order valence-corrected chi connectivity index (χ1v) is 6.95. The van der Waals surface area contributed by atoms with E-state index in [2.05, 4.69) is 22.9 Å². The molecule has 0 fully saturated rings. The van der Waals surface area contributed by atoms with Crippen LogP contribution < -0.4 is 0 Å². The van der Waals surface area contributed by atoms with Gasteiger partial charge in [0, 0.05) is 16.5 Å². The van der Waals surface area contributed by atoms with Gasteiger partial charge in [-0.05, 0) is 51.7 Å². The fourth-order valence-electron chi connectivity index (χ4n) is 1.89. The van der Waals surface area contributed by atoms with Crippen LogP contribution in [0.5, 0.6) is 0 Å². The minimum absolute atomic E-state index is 0.0175. The molecule has 0 amide bonds. The first kappa shape index (κ1) is 13.9. The highest BCUT2D eigenvalue weighted by Crippen LogP contribution is 2.20. The molecule has 0 heterocycles. The Hall–Kier alpha value is -1.48. The topological polar surface area (TPSA) is 17.1 Å². The fraction of sp³-hybridized carbons (Fsp3) is 0.188. The van der Waals surface area contributed by atoms with Crippen molar-refractivity contribution in [3.63, 3.8) is 0 Å². The van der Waals surface area contributed by atoms with Gasteiger partial charge in [0.25, 0.3) is 0 Å². The van der Waals surface area contributed by atoms with Crippen LogP contribution in [0.15, 0.2) is 46.9 Å². The molecule has 3 heteroatoms. The molecule has 0 unspecified atom stereocenters. The second-order valence-electron chi connectivity index (χ2n) is 4.39. The largest absolute Gasteiger partial charge is 0.294 e. The van der Waals surface area contributed by atoms with Crippen LogP contribution in [0, 0.1) is 5.82 Å². The third-order valence-corrected chi connectivity index (χ3v) is 3.68. The third kappa shape index (κ3) is 3.51. The van der Waals surface area contributed by atoms with Gasteiger partial charge in [-0.1, -0.05) is 31.2 Å². The van der Waals surface area contributed by atoms with Crippen molar-refractivity contribution in [2.24, 2.45) is 0 Å². The highest BCUT2D eigenvalue weighted by molar-refractivity contribution is 9.10. The number of benzene rings is 2. The van der Waals surface area contributed by atoms with Crippen LogP contribution in [0.1, 0.15) is 28.4 Å². The van der Waals surface area contributed by atoms with Crippen molar-refractivity contribution >= 4 is 21.7 Å². The summed E-state index contributed by atoms with van der Waals surface area (Å²) in [6.45, 7) is 2.09. The molecule has 0 atom stereocenters. The number of hydrogen-bond acceptors (Lipinski definition) is 1. The minimum atomic E-state index is -0.351. The number of carbonyl (C=O) groups excluding carboxylic acids is 1. The normalized spacial score (nSPS) is 10.5. The average Bonchev–Trinajstić information content (AvgIpc) is 2.39. The molecule has 0 saturated heterocycles. The number of halogens is 2. The second kappa shape index (κ2) is 6.11. The lowest BCUT2D eigenvalue weighted by Crippen LogP contribution is -2.04. The van der Waals surface area contributed by atoms with E-state index < -0.39 is 0 Å². The van der Waals surface area contributed by atoms with E-state index in [-0.39, 0.29) is 11.6 Å². The Morgan fingerprint density at radius 2 is 1.74 bits per heavy atom. The van der Waals surface area contributed by atoms with Crippen molar-refractivity contribution in [1.29, 1.82) is 0 Å². The van der Waals surface area contributed by atoms with Gasteiger partial charge in [-0.2, -0.15) is 0 Å². The van der Waals surface area contributed by atoms with Crippen molar-refractivity contribution < 1.29 is 9.18 Å². The van der Waals surface area contributed by atoms with Gasteiger partial charge in [0.2, 0.25) is 0 Å². The molecule has 0 aliphatic heterocycles. The molecule has 0 saturated carbocycles. The van der Waals surface area contributed by atoms with Crippen LogP contribution >= 0.6 is 15.9 Å². The Morgan fingerprint density at radius 1 is 1.11 bits per heavy atom. The van der Waals surface area contributed by atoms with Crippen molar-refractivity contribution in [3.05, 3.63) is 69.4 Å². The average molecular weight is 321 g/mol. The molecular weight excluding hydrogens is 307 g/mol. The van der Waals surface area contributed by atoms with Crippen LogP contribution in [-0.4, -0.2) is 5.78 Å². The summed E-state index contributed by atoms with van der Waals surface area (Å²) in [5, 5.41) is 0. The van der Waals surface area contributed by atoms with Crippen molar-refractivity contribution in [2.75, 3.05) is 0 Å². The van der Waals surface area contributed by atoms with Crippen LogP contribution in [0.25, 0.3) is 0 Å². The standard InChI is InChI=1S/C16H14BrFO/c1-2-11-3-5-12(6-4-11)9-16(19)14-8-7-13(18)10-15(14)17/h3-8,10H,2,9H2,1H3. The molecule has 1 nitrogen and oxygen atoms in total. The Kier molecular flexibility index (Phi) is 4.48. The molecule has 0 bridgehead atoms. The number of aryl methyl sites for hydroxylation is 1. The lowest BCUT2D eigenvalue weighted by molar-refractivity contribution is 0.0992. The molecule has 0 aliphatic carbocycles. The van der Waals surface area contributed by atoms with Crippen LogP contribution in [0.4, 0.5) is 4.39 Å². The lowest BCUT2D eigenvalue weighted by Gasteiger charge is -2.05. The molecular formula is C16H14BrFO. The first-order chi connectivity index (χ1) is 9.10. The number of rotatable bonds is 4. The van der Waals surface area contributed by atoms with Gasteiger partial charge in [0.15, 0.2) is 5.78 Å². The van der Waals surface area contributed by atoms with Gasteiger partial charge in [-0.25, -0.2) is 4.39 Å². The summed E-state index contributed by atoms with van der Waals surface area (Å²) >= 11 is 3.22. The quantitative estimate of drug-likeness (QED) is 0.754. The molecule has 2 aromatic rings. The fourth-order valence-corrected chi connectivity index (χ4v) is 2.46. The number of ketones is 1. The van der Waals surface area contributed by atoms with Crippen LogP contribution in [0.3, 0.4) is 0 Å². The summed E-state index contributed by atoms with van der Waals surface area (Å²) < 4.78 is 13.5. The molecule has 0 spiro atoms. The monoisotopic (exact) mass is 320 g/mol. The zero-order valence-corrected chi connectivity index (χ0v) is 12.2. The maximum atomic E-state index is 13.0. The van der Waals surface area contributed by atoms with Gasteiger partial charge >= 0.3 is 0 Å². The zero-order valence-electron chi connectivity index (χ0n) is 10.6. The van der Waals surface area contributed by atoms with E-state index in [1.54, 1.807) is 0 Å². The first-order valence-electron chi connectivity index (χ1n) is 6.16. The minimum Gasteiger partial charge on any atom is -0.294 e. The van der Waals surface area contributed by atoms with Crippen molar-refractivity contribution in [3.8, 4) is 0 Å². The Balaban J connectivity index is 2.15. The summed E-state index contributed by atoms with van der Waals surface area (Å²) in [7, 11) is 0. The number of hydrogen-bond donors (Lipinski definition) is 0. The van der Waals surface area contributed by atoms with E-state index in [9.17, 15) is 9.18 Å². The molecule has 0 aliphatic rings. The predicted octanol–water partition coefficient (Wildman–Crippen LogP) is 4.58. The van der Waals surface area contributed by atoms with Crippen molar-refractivity contribution in [2.45, 2.75) is 19.8 Å². The van der Waals surface area contributed by atoms with Crippen molar-refractivity contribution in [1.82, 2.24) is 0 Å². The number of carbonyl (C=O) groups is 1. The lowest BCUT2D eigenvalue weighted by atomic mass is 10.0. The Labute approximate surface area is 120 Å². The highest BCUT2D eigenvalue weighted by Gasteiger charge is 2.11. The second-order valence-corrected chi connectivity index (χ2v) is 5.25. The van der Waals surface area contributed by atoms with Gasteiger partial charge in [0.05, 0.1) is 0 Å². The van der Waals surface area contributed by atoms with E-state index >= 15 is 0 Å². The predicted molar refractivity (Wildman–Crippen MR) is 78.0 cm³/mol. The molecule has 0 aromatic heterocycles. The molecule has 0 radical (unpaired) electrons. The molecule has 0 N–H and O–H groups in total. The van der Waals surface area contributed by atoms with Gasteiger partial charge < -0.3 is 0 Å². The van der Waals surface area contributed by atoms with E-state index in [1.165, 1.54) is 23.8 Å². The Bertz CT molecular complexity index is 590. The third-order valence-electron chi connectivity index (χ3n) is 3.03. The maximum Gasteiger partial charge on any atom is 0.168 e. The molecule has 19 heavy (non-hydrogen) atoms. The van der Waals surface area contributed by atoms with E-state index in [0.29, 0.717) is 16.5 Å². The molecule has 98 valence electrons. The highest BCUT2D eigenvalue weighted by atomic mass is 79.9. The van der Waals surface area contributed by atoms with Gasteiger partial charge in [-0.3, -0.25) is 4.79 Å². The van der Waals surface area contributed by atoms with Crippen LogP contribution in [0.2, 0.25) is 0 Å². The zero-order chi connectivity index (χ0) is 13.8. The molecule has 2 aromatic carbocycles. The summed E-state index contributed by atoms with van der Waals surface area (Å²) in [5.74, 6) is -0.369. The Morgan fingerprint density at radius 3 is 2.32 bits per heavy atom. The summed E-state index contributed by atoms with van der Waals surface area (Å²) in [6.07, 6.45) is 1.31. The maximum absolute atomic E-state index is 13.0. The summed E-state index contributed by atoms with van der Waals surface area (Å²) in [5.41, 5.74) is 2.73. The van der Waals surface area contributed by atoms with E-state index in [0.717, 1.165) is 12.0 Å². The molecule has 2 rings (SSSR count). The van der Waals surface area contributed by atoms with Gasteiger partial charge in [-0.15, -0.1) is 0 Å². The number of Topliss-reactive ketones (excluding diaryl/α,β-unsaturated/α-hetero) is 1. The summed E-state index contributed by atoms with van der Waals surface area (Å²) in [4.78, 5) is 12.1. The smallest absolute Gasteiger partial charge is 0.168 e. The summed E-state index contributed by atoms with van der Waals surface area (Å²) in [6, 6.07) is 12.1. The SMILES string of the molecule is CCc1ccc(CC(=O)c2ccc(F)cc2Br)cc1. The van der Waals surface area contributed by atoms with E-state index in [4.69, 9.17) is 0 Å². The van der Waals surface area contributed by atoms with Gasteiger partial charge in [0.1, 0.15) is 5.82 Å². The van der Waals surface area contributed by atoms with Crippen LogP contribution in [-0.2, 0) is 12.8 Å².